The van der Waals surface area contributed by atoms with Crippen molar-refractivity contribution in [2.75, 3.05) is 19.6 Å². The average molecular weight is 179 g/mol. The first-order valence-electron chi connectivity index (χ1n) is 4.04. The minimum atomic E-state index is -2.47. The van der Waals surface area contributed by atoms with E-state index in [1.54, 1.807) is 0 Å². The summed E-state index contributed by atoms with van der Waals surface area (Å²) in [7, 11) is -2.47. The molecule has 3 N–H and O–H groups in total. The first-order chi connectivity index (χ1) is 5.18. The van der Waals surface area contributed by atoms with Crippen LogP contribution in [-0.2, 0) is 4.57 Å². The number of nitrogens with one attached hydrogen (secondary N) is 3. The summed E-state index contributed by atoms with van der Waals surface area (Å²) in [5.41, 5.74) is 0. The van der Waals surface area contributed by atoms with Gasteiger partial charge in [-0.25, -0.2) is 15.3 Å². The van der Waals surface area contributed by atoms with Crippen LogP contribution < -0.4 is 15.3 Å². The Hall–Kier alpha value is 0.110. The molecule has 0 saturated carbocycles. The molecule has 4 nitrogen and oxygen atoms in total. The molecule has 0 heterocycles. The topological polar surface area (TPSA) is 53.2 Å². The first-order valence-corrected chi connectivity index (χ1v) is 5.74. The largest absolute Gasteiger partial charge is 0.278 e. The van der Waals surface area contributed by atoms with Crippen molar-refractivity contribution in [2.45, 2.75) is 20.8 Å². The van der Waals surface area contributed by atoms with E-state index >= 15 is 0 Å². The highest BCUT2D eigenvalue weighted by atomic mass is 31.2. The van der Waals surface area contributed by atoms with Crippen LogP contribution in [0.2, 0.25) is 0 Å². The van der Waals surface area contributed by atoms with Gasteiger partial charge in [-0.3, -0.25) is 4.57 Å². The summed E-state index contributed by atoms with van der Waals surface area (Å²) in [6.07, 6.45) is 0. The molecule has 0 aliphatic carbocycles. The molecule has 0 saturated heterocycles. The van der Waals surface area contributed by atoms with E-state index in [-0.39, 0.29) is 0 Å². The molecule has 68 valence electrons. The molecule has 0 radical (unpaired) electrons. The lowest BCUT2D eigenvalue weighted by molar-refractivity contribution is 0.544. The molecule has 0 unspecified atom stereocenters. The zero-order valence-corrected chi connectivity index (χ0v) is 8.37. The molecule has 0 aliphatic rings. The Morgan fingerprint density at radius 3 is 1.36 bits per heavy atom. The number of hydrogen-bond acceptors (Lipinski definition) is 1. The van der Waals surface area contributed by atoms with Crippen molar-refractivity contribution in [1.82, 2.24) is 15.3 Å². The molecule has 5 heteroatoms. The minimum Gasteiger partial charge on any atom is -0.271 e. The maximum atomic E-state index is 11.7. The quantitative estimate of drug-likeness (QED) is 0.531. The molecule has 0 aliphatic heterocycles. The van der Waals surface area contributed by atoms with Crippen molar-refractivity contribution < 1.29 is 4.57 Å². The highest BCUT2D eigenvalue weighted by Gasteiger charge is 2.15. The van der Waals surface area contributed by atoms with E-state index in [0.29, 0.717) is 19.6 Å². The van der Waals surface area contributed by atoms with E-state index in [4.69, 9.17) is 0 Å². The van der Waals surface area contributed by atoms with Crippen LogP contribution in [0.15, 0.2) is 0 Å². The summed E-state index contributed by atoms with van der Waals surface area (Å²) in [5, 5.41) is 8.68. The Morgan fingerprint density at radius 1 is 0.909 bits per heavy atom. The summed E-state index contributed by atoms with van der Waals surface area (Å²) < 4.78 is 11.7. The van der Waals surface area contributed by atoms with Gasteiger partial charge in [0.15, 0.2) is 0 Å². The maximum absolute atomic E-state index is 11.7. The highest BCUT2D eigenvalue weighted by molar-refractivity contribution is 7.57. The second-order valence-corrected chi connectivity index (χ2v) is 4.31. The zero-order valence-electron chi connectivity index (χ0n) is 7.48. The summed E-state index contributed by atoms with van der Waals surface area (Å²) in [5.74, 6) is 0. The van der Waals surface area contributed by atoms with Gasteiger partial charge in [0, 0.05) is 19.6 Å². The summed E-state index contributed by atoms with van der Waals surface area (Å²) in [6, 6.07) is 0. The third-order valence-corrected chi connectivity index (χ3v) is 3.43. The minimum absolute atomic E-state index is 0.706. The van der Waals surface area contributed by atoms with Crippen molar-refractivity contribution in [3.8, 4) is 0 Å². The van der Waals surface area contributed by atoms with Gasteiger partial charge >= 0.3 is 0 Å². The molecular weight excluding hydrogens is 161 g/mol. The van der Waals surface area contributed by atoms with Crippen molar-refractivity contribution in [3.63, 3.8) is 0 Å². The molecule has 0 aromatic heterocycles. The van der Waals surface area contributed by atoms with Crippen LogP contribution in [0, 0.1) is 0 Å². The molecule has 0 aromatic carbocycles. The van der Waals surface area contributed by atoms with Crippen LogP contribution in [0.4, 0.5) is 0 Å². The highest BCUT2D eigenvalue weighted by Crippen LogP contribution is 2.28. The van der Waals surface area contributed by atoms with Crippen LogP contribution in [0.5, 0.6) is 0 Å². The van der Waals surface area contributed by atoms with Gasteiger partial charge in [0.2, 0.25) is 0 Å². The van der Waals surface area contributed by atoms with Gasteiger partial charge in [-0.05, 0) is 0 Å². The van der Waals surface area contributed by atoms with E-state index in [1.807, 2.05) is 20.8 Å². The van der Waals surface area contributed by atoms with Crippen molar-refractivity contribution >= 4 is 7.59 Å². The third-order valence-electron chi connectivity index (χ3n) is 1.14. The Labute approximate surface area is 68.7 Å². The third kappa shape index (κ3) is 4.53. The lowest BCUT2D eigenvalue weighted by atomic mass is 10.8. The molecule has 11 heavy (non-hydrogen) atoms. The fourth-order valence-electron chi connectivity index (χ4n) is 0.836. The second kappa shape index (κ2) is 5.72. The number of hydrogen-bond donors (Lipinski definition) is 3. The maximum Gasteiger partial charge on any atom is 0.278 e. The Kier molecular flexibility index (Phi) is 5.78. The SMILES string of the molecule is CCNP(=O)(NCC)NCC. The standard InChI is InChI=1S/C6H18N3OP/c1-4-7-11(10,8-5-2)9-6-3/h4-6H2,1-3H3,(H3,7,8,9,10). The van der Waals surface area contributed by atoms with E-state index in [9.17, 15) is 4.57 Å². The lowest BCUT2D eigenvalue weighted by Crippen LogP contribution is -2.31. The predicted octanol–water partition coefficient (Wildman–Crippen LogP) is 0.923. The fraction of sp³-hybridized carbons (Fsp3) is 1.00. The van der Waals surface area contributed by atoms with E-state index in [2.05, 4.69) is 15.3 Å². The van der Waals surface area contributed by atoms with Crippen LogP contribution in [0.25, 0.3) is 0 Å². The Morgan fingerprint density at radius 2 is 1.18 bits per heavy atom. The molecule has 0 amide bonds. The van der Waals surface area contributed by atoms with Gasteiger partial charge in [0.25, 0.3) is 7.59 Å². The molecular formula is C6H18N3OP. The van der Waals surface area contributed by atoms with E-state index in [1.165, 1.54) is 0 Å². The van der Waals surface area contributed by atoms with Crippen LogP contribution in [0.3, 0.4) is 0 Å². The Balaban J connectivity index is 3.91. The first kappa shape index (κ1) is 11.1. The predicted molar refractivity (Wildman–Crippen MR) is 48.6 cm³/mol. The average Bonchev–Trinajstić information content (AvgIpc) is 1.88. The molecule has 0 fully saturated rings. The van der Waals surface area contributed by atoms with E-state index < -0.39 is 7.59 Å². The fourth-order valence-corrected chi connectivity index (χ4v) is 2.51. The van der Waals surface area contributed by atoms with Crippen LogP contribution in [-0.4, -0.2) is 19.6 Å². The summed E-state index contributed by atoms with van der Waals surface area (Å²) in [6.45, 7) is 7.91. The van der Waals surface area contributed by atoms with Gasteiger partial charge in [-0.2, -0.15) is 0 Å². The smallest absolute Gasteiger partial charge is 0.271 e. The summed E-state index contributed by atoms with van der Waals surface area (Å²) in [4.78, 5) is 0. The van der Waals surface area contributed by atoms with Gasteiger partial charge in [0.1, 0.15) is 0 Å². The van der Waals surface area contributed by atoms with E-state index in [0.717, 1.165) is 0 Å². The number of rotatable bonds is 6. The van der Waals surface area contributed by atoms with Gasteiger partial charge in [0.05, 0.1) is 0 Å². The molecule has 0 aromatic rings. The zero-order chi connectivity index (χ0) is 8.74. The van der Waals surface area contributed by atoms with Crippen molar-refractivity contribution in [1.29, 1.82) is 0 Å². The Bertz CT molecular complexity index is 116. The second-order valence-electron chi connectivity index (χ2n) is 2.14. The van der Waals surface area contributed by atoms with Gasteiger partial charge < -0.3 is 0 Å². The lowest BCUT2D eigenvalue weighted by Gasteiger charge is -2.18. The normalized spacial score (nSPS) is 11.9. The summed E-state index contributed by atoms with van der Waals surface area (Å²) >= 11 is 0. The van der Waals surface area contributed by atoms with Crippen molar-refractivity contribution in [2.24, 2.45) is 0 Å². The molecule has 0 bridgehead atoms. The molecule has 0 atom stereocenters. The van der Waals surface area contributed by atoms with Gasteiger partial charge in [-0.15, -0.1) is 0 Å². The van der Waals surface area contributed by atoms with Crippen LogP contribution in [0.1, 0.15) is 20.8 Å². The monoisotopic (exact) mass is 179 g/mol. The van der Waals surface area contributed by atoms with Gasteiger partial charge in [-0.1, -0.05) is 20.8 Å². The molecule has 0 spiro atoms. The molecule has 0 rings (SSSR count). The van der Waals surface area contributed by atoms with Crippen LogP contribution >= 0.6 is 7.59 Å². The van der Waals surface area contributed by atoms with Crippen molar-refractivity contribution in [3.05, 3.63) is 0 Å².